The second-order valence-corrected chi connectivity index (χ2v) is 5.25. The van der Waals surface area contributed by atoms with Crippen LogP contribution >= 0.6 is 27.5 Å². The molecule has 2 nitrogen and oxygen atoms in total. The topological polar surface area (TPSA) is 15.3 Å². The van der Waals surface area contributed by atoms with Gasteiger partial charge >= 0.3 is 0 Å². The van der Waals surface area contributed by atoms with Crippen molar-refractivity contribution >= 4 is 27.5 Å². The number of halogens is 2. The molecule has 0 aromatic heterocycles. The molecule has 15 heavy (non-hydrogen) atoms. The van der Waals surface area contributed by atoms with Gasteiger partial charge in [-0.1, -0.05) is 27.5 Å². The van der Waals surface area contributed by atoms with Gasteiger partial charge in [-0.15, -0.1) is 0 Å². The molecule has 1 N–H and O–H groups in total. The lowest BCUT2D eigenvalue weighted by molar-refractivity contribution is 0.173. The third-order valence-electron chi connectivity index (χ3n) is 2.81. The average Bonchev–Trinajstić information content (AvgIpc) is 2.08. The van der Waals surface area contributed by atoms with Gasteiger partial charge in [0.1, 0.15) is 0 Å². The maximum atomic E-state index is 5.98. The fraction of sp³-hybridized carbons (Fsp3) is 0.455. The lowest BCUT2D eigenvalue weighted by Gasteiger charge is -2.35. The highest BCUT2D eigenvalue weighted by atomic mass is 79.9. The minimum absolute atomic E-state index is 0.663. The van der Waals surface area contributed by atoms with Crippen molar-refractivity contribution in [1.29, 1.82) is 0 Å². The Kier molecular flexibility index (Phi) is 3.67. The minimum Gasteiger partial charge on any atom is -0.314 e. The van der Waals surface area contributed by atoms with Crippen LogP contribution in [0.1, 0.15) is 5.56 Å². The summed E-state index contributed by atoms with van der Waals surface area (Å²) in [6.07, 6.45) is 0. The molecule has 2 rings (SSSR count). The summed E-state index contributed by atoms with van der Waals surface area (Å²) >= 11 is 9.52. The number of nitrogens with zero attached hydrogens (tertiary/aromatic N) is 1. The van der Waals surface area contributed by atoms with Crippen molar-refractivity contribution in [2.24, 2.45) is 0 Å². The van der Waals surface area contributed by atoms with Crippen molar-refractivity contribution in [3.8, 4) is 0 Å². The van der Waals surface area contributed by atoms with Crippen molar-refractivity contribution in [1.82, 2.24) is 10.2 Å². The van der Waals surface area contributed by atoms with E-state index in [4.69, 9.17) is 11.6 Å². The first-order chi connectivity index (χ1) is 7.16. The number of hydrogen-bond donors (Lipinski definition) is 1. The van der Waals surface area contributed by atoms with Gasteiger partial charge in [-0.25, -0.2) is 0 Å². The van der Waals surface area contributed by atoms with Gasteiger partial charge in [0.2, 0.25) is 0 Å². The Morgan fingerprint density at radius 2 is 2.27 bits per heavy atom. The van der Waals surface area contributed by atoms with Crippen molar-refractivity contribution < 1.29 is 0 Å². The summed E-state index contributed by atoms with van der Waals surface area (Å²) in [6, 6.07) is 6.59. The van der Waals surface area contributed by atoms with E-state index < -0.39 is 0 Å². The smallest absolute Gasteiger partial charge is 0.0410 e. The van der Waals surface area contributed by atoms with Gasteiger partial charge in [0.05, 0.1) is 0 Å². The Hall–Kier alpha value is -0.0900. The third-order valence-corrected chi connectivity index (χ3v) is 3.82. The molecule has 1 aliphatic heterocycles. The van der Waals surface area contributed by atoms with Crippen LogP contribution in [-0.4, -0.2) is 31.1 Å². The standard InChI is InChI=1S/C11H14BrClN2/c1-15(10-5-14-6-10)7-8-4-9(13)2-3-11(8)12/h2-4,10,14H,5-7H2,1H3. The molecule has 0 spiro atoms. The predicted molar refractivity (Wildman–Crippen MR) is 67.3 cm³/mol. The largest absolute Gasteiger partial charge is 0.314 e. The molecule has 0 atom stereocenters. The Morgan fingerprint density at radius 3 is 2.87 bits per heavy atom. The van der Waals surface area contributed by atoms with Crippen LogP contribution in [0.4, 0.5) is 0 Å². The van der Waals surface area contributed by atoms with E-state index in [2.05, 4.69) is 33.2 Å². The normalized spacial score (nSPS) is 16.8. The van der Waals surface area contributed by atoms with Crippen molar-refractivity contribution in [2.45, 2.75) is 12.6 Å². The molecule has 1 saturated heterocycles. The summed E-state index contributed by atoms with van der Waals surface area (Å²) in [7, 11) is 2.15. The van der Waals surface area contributed by atoms with Gasteiger partial charge < -0.3 is 5.32 Å². The van der Waals surface area contributed by atoms with E-state index in [9.17, 15) is 0 Å². The summed E-state index contributed by atoms with van der Waals surface area (Å²) in [5.41, 5.74) is 1.25. The van der Waals surface area contributed by atoms with Crippen molar-refractivity contribution in [3.05, 3.63) is 33.3 Å². The Morgan fingerprint density at radius 1 is 1.53 bits per heavy atom. The predicted octanol–water partition coefficient (Wildman–Crippen LogP) is 2.51. The van der Waals surface area contributed by atoms with Gasteiger partial charge in [-0.3, -0.25) is 4.90 Å². The van der Waals surface area contributed by atoms with E-state index in [1.807, 2.05) is 18.2 Å². The second kappa shape index (κ2) is 4.83. The molecule has 1 aromatic rings. The molecule has 1 aliphatic rings. The number of benzene rings is 1. The first kappa shape index (κ1) is 11.4. The van der Waals surface area contributed by atoms with E-state index >= 15 is 0 Å². The molecule has 0 radical (unpaired) electrons. The summed E-state index contributed by atoms with van der Waals surface area (Å²) in [4.78, 5) is 2.35. The maximum Gasteiger partial charge on any atom is 0.0410 e. The highest BCUT2D eigenvalue weighted by molar-refractivity contribution is 9.10. The lowest BCUT2D eigenvalue weighted by Crippen LogP contribution is -2.55. The van der Waals surface area contributed by atoms with Gasteiger partial charge in [0.25, 0.3) is 0 Å². The van der Waals surface area contributed by atoms with Crippen LogP contribution < -0.4 is 5.32 Å². The molecule has 0 unspecified atom stereocenters. The van der Waals surface area contributed by atoms with Crippen LogP contribution in [0.2, 0.25) is 5.02 Å². The van der Waals surface area contributed by atoms with E-state index in [1.165, 1.54) is 5.56 Å². The van der Waals surface area contributed by atoms with Gasteiger partial charge in [0, 0.05) is 35.2 Å². The Balaban J connectivity index is 2.05. The third kappa shape index (κ3) is 2.72. The summed E-state index contributed by atoms with van der Waals surface area (Å²) in [5.74, 6) is 0. The van der Waals surface area contributed by atoms with Crippen LogP contribution in [0.25, 0.3) is 0 Å². The van der Waals surface area contributed by atoms with Crippen LogP contribution in [-0.2, 0) is 6.54 Å². The lowest BCUT2D eigenvalue weighted by atomic mass is 10.1. The van der Waals surface area contributed by atoms with E-state index in [1.54, 1.807) is 0 Å². The molecule has 1 heterocycles. The van der Waals surface area contributed by atoms with E-state index in [0.717, 1.165) is 29.1 Å². The quantitative estimate of drug-likeness (QED) is 0.920. The zero-order valence-corrected chi connectivity index (χ0v) is 11.0. The Bertz CT molecular complexity index is 352. The van der Waals surface area contributed by atoms with Gasteiger partial charge in [-0.2, -0.15) is 0 Å². The average molecular weight is 290 g/mol. The number of rotatable bonds is 3. The first-order valence-corrected chi connectivity index (χ1v) is 6.19. The second-order valence-electron chi connectivity index (χ2n) is 3.96. The van der Waals surface area contributed by atoms with Crippen molar-refractivity contribution in [3.63, 3.8) is 0 Å². The summed E-state index contributed by atoms with van der Waals surface area (Å²) in [6.45, 7) is 3.12. The van der Waals surface area contributed by atoms with E-state index in [-0.39, 0.29) is 0 Å². The van der Waals surface area contributed by atoms with Crippen LogP contribution in [0.3, 0.4) is 0 Å². The Labute approximate surface area is 104 Å². The molecular weight excluding hydrogens is 275 g/mol. The molecule has 1 aromatic carbocycles. The SMILES string of the molecule is CN(Cc1cc(Cl)ccc1Br)C1CNC1. The van der Waals surface area contributed by atoms with Gasteiger partial charge in [0.15, 0.2) is 0 Å². The van der Waals surface area contributed by atoms with E-state index in [0.29, 0.717) is 6.04 Å². The minimum atomic E-state index is 0.663. The number of nitrogens with one attached hydrogen (secondary N) is 1. The zero-order valence-electron chi connectivity index (χ0n) is 8.63. The van der Waals surface area contributed by atoms with Crippen LogP contribution in [0.5, 0.6) is 0 Å². The first-order valence-electron chi connectivity index (χ1n) is 5.01. The maximum absolute atomic E-state index is 5.98. The zero-order chi connectivity index (χ0) is 10.8. The molecule has 0 saturated carbocycles. The molecule has 0 bridgehead atoms. The fourth-order valence-electron chi connectivity index (χ4n) is 1.65. The van der Waals surface area contributed by atoms with Crippen molar-refractivity contribution in [2.75, 3.05) is 20.1 Å². The van der Waals surface area contributed by atoms with Crippen LogP contribution in [0, 0.1) is 0 Å². The number of hydrogen-bond acceptors (Lipinski definition) is 2. The van der Waals surface area contributed by atoms with Gasteiger partial charge in [-0.05, 0) is 30.8 Å². The number of likely N-dealkylation sites (N-methyl/N-ethyl adjacent to an activating group) is 1. The van der Waals surface area contributed by atoms with Crippen LogP contribution in [0.15, 0.2) is 22.7 Å². The fourth-order valence-corrected chi connectivity index (χ4v) is 2.21. The molecule has 0 aliphatic carbocycles. The molecular formula is C11H14BrClN2. The monoisotopic (exact) mass is 288 g/mol. The molecule has 4 heteroatoms. The molecule has 0 amide bonds. The highest BCUT2D eigenvalue weighted by Gasteiger charge is 2.21. The molecule has 82 valence electrons. The highest BCUT2D eigenvalue weighted by Crippen LogP contribution is 2.23. The summed E-state index contributed by atoms with van der Waals surface area (Å²) < 4.78 is 1.13. The molecule has 1 fully saturated rings. The summed E-state index contributed by atoms with van der Waals surface area (Å²) in [5, 5.41) is 4.07.